The van der Waals surface area contributed by atoms with Crippen molar-refractivity contribution in [1.29, 1.82) is 0 Å². The summed E-state index contributed by atoms with van der Waals surface area (Å²) in [6.45, 7) is 6.82. The highest BCUT2D eigenvalue weighted by Gasteiger charge is 2.24. The Morgan fingerprint density at radius 3 is 2.67 bits per heavy atom. The van der Waals surface area contributed by atoms with E-state index < -0.39 is 23.9 Å². The van der Waals surface area contributed by atoms with Crippen LogP contribution in [-0.2, 0) is 14.3 Å². The van der Waals surface area contributed by atoms with Crippen molar-refractivity contribution < 1.29 is 23.5 Å². The van der Waals surface area contributed by atoms with E-state index in [4.69, 9.17) is 27.9 Å². The summed E-state index contributed by atoms with van der Waals surface area (Å²) in [5.74, 6) is 4.21. The van der Waals surface area contributed by atoms with E-state index in [0.717, 1.165) is 10.6 Å². The van der Waals surface area contributed by atoms with E-state index in [2.05, 4.69) is 20.9 Å². The van der Waals surface area contributed by atoms with Crippen molar-refractivity contribution in [2.75, 3.05) is 15.6 Å². The molecular formula is C32H37ClFN7O4. The molecule has 238 valence electrons. The minimum absolute atomic E-state index is 0.0442. The van der Waals surface area contributed by atoms with Gasteiger partial charge in [-0.3, -0.25) is 24.9 Å². The highest BCUT2D eigenvalue weighted by molar-refractivity contribution is 6.31. The lowest BCUT2D eigenvalue weighted by atomic mass is 9.95. The van der Waals surface area contributed by atoms with Crippen molar-refractivity contribution in [3.63, 3.8) is 0 Å². The zero-order valence-electron chi connectivity index (χ0n) is 25.5. The van der Waals surface area contributed by atoms with Gasteiger partial charge in [-0.1, -0.05) is 37.1 Å². The molecular weight excluding hydrogens is 601 g/mol. The number of hydrogen-bond donors (Lipinski definition) is 5. The van der Waals surface area contributed by atoms with E-state index in [1.807, 2.05) is 13.0 Å². The number of rotatable bonds is 6. The number of benzene rings is 2. The minimum atomic E-state index is -0.744. The van der Waals surface area contributed by atoms with Crippen LogP contribution in [-0.4, -0.2) is 29.0 Å². The first kappa shape index (κ1) is 33.2. The lowest BCUT2D eigenvalue weighted by Gasteiger charge is -2.24. The first-order valence-corrected chi connectivity index (χ1v) is 14.9. The number of pyridine rings is 1. The van der Waals surface area contributed by atoms with Crippen LogP contribution in [0.4, 0.5) is 26.2 Å². The molecule has 4 rings (SSSR count). The predicted octanol–water partition coefficient (Wildman–Crippen LogP) is 5.98. The van der Waals surface area contributed by atoms with Gasteiger partial charge < -0.3 is 21.1 Å². The van der Waals surface area contributed by atoms with Gasteiger partial charge in [0.25, 0.3) is 5.91 Å². The highest BCUT2D eigenvalue weighted by atomic mass is 35.5. The molecule has 11 nitrogen and oxygen atoms in total. The second-order valence-electron chi connectivity index (χ2n) is 11.1. The second kappa shape index (κ2) is 14.4. The Kier molecular flexibility index (Phi) is 10.6. The molecule has 1 aliphatic heterocycles. The van der Waals surface area contributed by atoms with Gasteiger partial charge in [0.15, 0.2) is 5.82 Å². The maximum Gasteiger partial charge on any atom is 0.411 e. The summed E-state index contributed by atoms with van der Waals surface area (Å²) >= 11 is 5.90. The second-order valence-corrected chi connectivity index (χ2v) is 11.5. The first-order valence-electron chi connectivity index (χ1n) is 14.5. The molecule has 13 heteroatoms. The molecule has 2 unspecified atom stereocenters. The molecule has 45 heavy (non-hydrogen) atoms. The molecule has 3 aromatic rings. The van der Waals surface area contributed by atoms with Gasteiger partial charge in [-0.05, 0) is 75.6 Å². The standard InChI is InChI=1S/C32H37ClFN7O4/c1-17(2)45-32(44)38-21-11-12-22-20-13-14-37-26(15-20)24(9-5-7-18(3)30(42)40-25(22)16-21)39-31(43)29(35)19(4)41(36)27-10-6-8-23(33)28(27)34/h6,8,10-18,24H,5,7,9,35-36H2,1-4H3,(H,38,44)(H,39,43)(H,40,42)/b29-19-. The smallest absolute Gasteiger partial charge is 0.411 e. The third-order valence-corrected chi connectivity index (χ3v) is 7.68. The van der Waals surface area contributed by atoms with Crippen molar-refractivity contribution in [3.05, 3.63) is 82.7 Å². The maximum atomic E-state index is 14.6. The van der Waals surface area contributed by atoms with Crippen LogP contribution in [0, 0.1) is 11.7 Å². The summed E-state index contributed by atoms with van der Waals surface area (Å²) < 4.78 is 19.8. The number of hydrogen-bond acceptors (Lipinski definition) is 8. The van der Waals surface area contributed by atoms with Crippen molar-refractivity contribution in [2.45, 2.75) is 59.1 Å². The number of carbonyl (C=O) groups excluding carboxylic acids is 3. The third-order valence-electron chi connectivity index (χ3n) is 7.39. The van der Waals surface area contributed by atoms with Crippen LogP contribution in [0.2, 0.25) is 5.02 Å². The SMILES string of the molecule is C/C(=C(/N)C(=O)NC1CCCC(C)C(=O)Nc2cc(NC(=O)OC(C)C)ccc2-c2ccnc1c2)N(N)c1cccc(Cl)c1F. The number of aromatic nitrogens is 1. The van der Waals surface area contributed by atoms with Crippen molar-refractivity contribution >= 4 is 46.6 Å². The van der Waals surface area contributed by atoms with Gasteiger partial charge in [0, 0.05) is 23.4 Å². The number of nitrogens with zero attached hydrogens (tertiary/aromatic N) is 2. The first-order chi connectivity index (χ1) is 21.3. The Labute approximate surface area is 266 Å². The number of hydrazine groups is 1. The van der Waals surface area contributed by atoms with Crippen LogP contribution in [0.5, 0.6) is 0 Å². The molecule has 0 saturated carbocycles. The molecule has 0 aliphatic carbocycles. The van der Waals surface area contributed by atoms with Crippen LogP contribution in [0.15, 0.2) is 66.1 Å². The molecule has 2 aromatic carbocycles. The largest absolute Gasteiger partial charge is 0.447 e. The Bertz CT molecular complexity index is 1630. The number of nitrogens with one attached hydrogen (secondary N) is 3. The molecule has 0 saturated heterocycles. The lowest BCUT2D eigenvalue weighted by Crippen LogP contribution is -2.38. The number of fused-ring (bicyclic) bond motifs is 4. The van der Waals surface area contributed by atoms with Gasteiger partial charge in [-0.2, -0.15) is 0 Å². The number of ether oxygens (including phenoxy) is 1. The van der Waals surface area contributed by atoms with E-state index in [1.54, 1.807) is 44.3 Å². The summed E-state index contributed by atoms with van der Waals surface area (Å²) in [6, 6.07) is 12.5. The van der Waals surface area contributed by atoms with Crippen LogP contribution < -0.4 is 32.5 Å². The Hall–Kier alpha value is -4.68. The van der Waals surface area contributed by atoms with E-state index in [9.17, 15) is 18.8 Å². The van der Waals surface area contributed by atoms with Crippen LogP contribution in [0.3, 0.4) is 0 Å². The quantitative estimate of drug-likeness (QED) is 0.125. The molecule has 0 radical (unpaired) electrons. The van der Waals surface area contributed by atoms with E-state index in [-0.39, 0.29) is 40.0 Å². The van der Waals surface area contributed by atoms with Gasteiger partial charge in [-0.25, -0.2) is 15.0 Å². The number of allylic oxidation sites excluding steroid dienone is 1. The summed E-state index contributed by atoms with van der Waals surface area (Å²) in [4.78, 5) is 43.3. The minimum Gasteiger partial charge on any atom is -0.447 e. The number of nitrogens with two attached hydrogens (primary N) is 2. The lowest BCUT2D eigenvalue weighted by molar-refractivity contribution is -0.120. The molecule has 1 aliphatic rings. The fourth-order valence-electron chi connectivity index (χ4n) is 4.84. The Morgan fingerprint density at radius 2 is 1.93 bits per heavy atom. The summed E-state index contributed by atoms with van der Waals surface area (Å²) in [6.07, 6.45) is 2.29. The predicted molar refractivity (Wildman–Crippen MR) is 172 cm³/mol. The molecule has 2 bridgehead atoms. The molecule has 3 amide bonds. The zero-order valence-corrected chi connectivity index (χ0v) is 26.2. The topological polar surface area (TPSA) is 165 Å². The van der Waals surface area contributed by atoms with Crippen molar-refractivity contribution in [3.8, 4) is 11.1 Å². The number of carbonyl (C=O) groups is 3. The average molecular weight is 638 g/mol. The maximum absolute atomic E-state index is 14.6. The molecule has 7 N–H and O–H groups in total. The molecule has 0 fully saturated rings. The van der Waals surface area contributed by atoms with Crippen LogP contribution >= 0.6 is 11.6 Å². The van der Waals surface area contributed by atoms with Crippen LogP contribution in [0.25, 0.3) is 11.1 Å². The van der Waals surface area contributed by atoms with Crippen molar-refractivity contribution in [2.24, 2.45) is 17.5 Å². The monoisotopic (exact) mass is 637 g/mol. The average Bonchev–Trinajstić information content (AvgIpc) is 3.00. The van der Waals surface area contributed by atoms with Gasteiger partial charge in [0.1, 0.15) is 5.70 Å². The summed E-state index contributed by atoms with van der Waals surface area (Å²) in [5, 5.41) is 9.48. The van der Waals surface area contributed by atoms with Gasteiger partial charge in [-0.15, -0.1) is 0 Å². The molecule has 2 atom stereocenters. The third kappa shape index (κ3) is 8.08. The highest BCUT2D eigenvalue weighted by Crippen LogP contribution is 2.34. The number of amides is 3. The normalized spacial score (nSPS) is 17.1. The van der Waals surface area contributed by atoms with Gasteiger partial charge >= 0.3 is 6.09 Å². The number of halogens is 2. The molecule has 0 spiro atoms. The Morgan fingerprint density at radius 1 is 1.18 bits per heavy atom. The number of anilines is 3. The fraction of sp³-hybridized carbons (Fsp3) is 0.312. The van der Waals surface area contributed by atoms with Crippen molar-refractivity contribution in [1.82, 2.24) is 10.3 Å². The Balaban J connectivity index is 1.66. The van der Waals surface area contributed by atoms with E-state index in [1.165, 1.54) is 25.1 Å². The van der Waals surface area contributed by atoms with E-state index >= 15 is 0 Å². The molecule has 2 heterocycles. The summed E-state index contributed by atoms with van der Waals surface area (Å²) in [7, 11) is 0. The fourth-order valence-corrected chi connectivity index (χ4v) is 5.01. The zero-order chi connectivity index (χ0) is 32.8. The molecule has 1 aromatic heterocycles. The van der Waals surface area contributed by atoms with E-state index in [0.29, 0.717) is 41.9 Å². The van der Waals surface area contributed by atoms with Gasteiger partial charge in [0.05, 0.1) is 39.9 Å². The summed E-state index contributed by atoms with van der Waals surface area (Å²) in [5.41, 5.74) is 8.99. The van der Waals surface area contributed by atoms with Crippen LogP contribution in [0.1, 0.15) is 58.7 Å². The van der Waals surface area contributed by atoms with Gasteiger partial charge in [0.2, 0.25) is 5.91 Å².